The van der Waals surface area contributed by atoms with Gasteiger partial charge in [-0.25, -0.2) is 4.68 Å². The Balaban J connectivity index is 1.35. The molecular weight excluding hydrogens is 424 g/mol. The van der Waals surface area contributed by atoms with Gasteiger partial charge in [-0.15, -0.1) is 0 Å². The number of hydrogen-bond acceptors (Lipinski definition) is 3. The predicted octanol–water partition coefficient (Wildman–Crippen LogP) is 5.55. The maximum Gasteiger partial charge on any atom is 0.259 e. The molecule has 0 saturated heterocycles. The van der Waals surface area contributed by atoms with Crippen molar-refractivity contribution in [2.75, 3.05) is 10.6 Å². The van der Waals surface area contributed by atoms with Crippen molar-refractivity contribution in [3.8, 4) is 5.69 Å². The van der Waals surface area contributed by atoms with Gasteiger partial charge in [-0.05, 0) is 92.7 Å². The summed E-state index contributed by atoms with van der Waals surface area (Å²) in [6.45, 7) is 1.48. The summed E-state index contributed by atoms with van der Waals surface area (Å²) >= 11 is 0. The number of carbonyl (C=O) groups is 2. The molecule has 3 aromatic rings. The molecule has 6 heteroatoms. The van der Waals surface area contributed by atoms with E-state index < -0.39 is 0 Å². The van der Waals surface area contributed by atoms with Crippen LogP contribution in [-0.2, 0) is 10.2 Å². The normalized spacial score (nSPS) is 26.9. The van der Waals surface area contributed by atoms with Crippen LogP contribution < -0.4 is 10.6 Å². The molecule has 0 unspecified atom stereocenters. The summed E-state index contributed by atoms with van der Waals surface area (Å²) in [5.41, 5.74) is 4.03. The second-order valence-electron chi connectivity index (χ2n) is 10.6. The lowest BCUT2D eigenvalue weighted by atomic mass is 9.48. The first-order valence-corrected chi connectivity index (χ1v) is 12.3. The zero-order chi connectivity index (χ0) is 23.3. The van der Waals surface area contributed by atoms with E-state index in [0.29, 0.717) is 16.9 Å². The number of rotatable bonds is 5. The highest BCUT2D eigenvalue weighted by Gasteiger charge is 2.53. The van der Waals surface area contributed by atoms with E-state index in [1.54, 1.807) is 12.1 Å². The van der Waals surface area contributed by atoms with Crippen LogP contribution in [0, 0.1) is 17.8 Å². The van der Waals surface area contributed by atoms with Gasteiger partial charge in [-0.1, -0.05) is 18.2 Å². The van der Waals surface area contributed by atoms with Gasteiger partial charge < -0.3 is 10.6 Å². The molecule has 0 atom stereocenters. The molecule has 2 N–H and O–H groups in total. The standard InChI is InChI=1S/C28H30N4O2/c1-18(33)29-22-7-9-23(10-8-22)30-27(34)25-17-32(24-5-3-2-4-6-24)31-26(25)28-14-19-11-20(15-28)13-21(12-19)16-28/h2-10,17,19-21H,11-16H2,1H3,(H,29,33)(H,30,34). The summed E-state index contributed by atoms with van der Waals surface area (Å²) in [6.07, 6.45) is 9.40. The lowest BCUT2D eigenvalue weighted by Gasteiger charge is -2.56. The third-order valence-corrected chi connectivity index (χ3v) is 7.98. The number of amides is 2. The summed E-state index contributed by atoms with van der Waals surface area (Å²) in [4.78, 5) is 24.9. The van der Waals surface area contributed by atoms with Crippen molar-refractivity contribution in [3.63, 3.8) is 0 Å². The SMILES string of the molecule is CC(=O)Nc1ccc(NC(=O)c2cn(-c3ccccc3)nc2C23CC4CC(CC(C4)C2)C3)cc1. The monoisotopic (exact) mass is 454 g/mol. The maximum atomic E-state index is 13.6. The molecular formula is C28H30N4O2. The molecule has 4 aliphatic rings. The molecule has 174 valence electrons. The largest absolute Gasteiger partial charge is 0.326 e. The molecule has 0 spiro atoms. The summed E-state index contributed by atoms with van der Waals surface area (Å²) in [5, 5.41) is 10.9. The number of carbonyl (C=O) groups excluding carboxylic acids is 2. The molecule has 4 bridgehead atoms. The zero-order valence-corrected chi connectivity index (χ0v) is 19.5. The molecule has 2 amide bonds. The van der Waals surface area contributed by atoms with E-state index >= 15 is 0 Å². The number of benzene rings is 2. The molecule has 6 nitrogen and oxygen atoms in total. The lowest BCUT2D eigenvalue weighted by molar-refractivity contribution is -0.114. The zero-order valence-electron chi connectivity index (χ0n) is 19.5. The van der Waals surface area contributed by atoms with Crippen LogP contribution in [-0.4, -0.2) is 21.6 Å². The van der Waals surface area contributed by atoms with Crippen LogP contribution >= 0.6 is 0 Å². The van der Waals surface area contributed by atoms with Crippen LogP contribution in [0.3, 0.4) is 0 Å². The lowest BCUT2D eigenvalue weighted by Crippen LogP contribution is -2.49. The predicted molar refractivity (Wildman–Crippen MR) is 132 cm³/mol. The van der Waals surface area contributed by atoms with Crippen molar-refractivity contribution >= 4 is 23.2 Å². The van der Waals surface area contributed by atoms with Crippen LogP contribution in [0.2, 0.25) is 0 Å². The minimum atomic E-state index is -0.125. The van der Waals surface area contributed by atoms with E-state index in [-0.39, 0.29) is 17.2 Å². The second-order valence-corrected chi connectivity index (χ2v) is 10.6. The molecule has 4 aliphatic carbocycles. The van der Waals surface area contributed by atoms with Crippen LogP contribution in [0.25, 0.3) is 5.69 Å². The molecule has 1 heterocycles. The first-order chi connectivity index (χ1) is 16.5. The smallest absolute Gasteiger partial charge is 0.259 e. The van der Waals surface area contributed by atoms with Gasteiger partial charge in [-0.3, -0.25) is 9.59 Å². The fourth-order valence-electron chi connectivity index (χ4n) is 7.08. The third-order valence-electron chi connectivity index (χ3n) is 7.98. The van der Waals surface area contributed by atoms with Gasteiger partial charge in [0, 0.05) is 29.9 Å². The molecule has 0 radical (unpaired) electrons. The van der Waals surface area contributed by atoms with Gasteiger partial charge in [0.05, 0.1) is 16.9 Å². The summed E-state index contributed by atoms with van der Waals surface area (Å²) in [7, 11) is 0. The Labute approximate surface area is 199 Å². The van der Waals surface area contributed by atoms with E-state index in [4.69, 9.17) is 5.10 Å². The van der Waals surface area contributed by atoms with Crippen molar-refractivity contribution in [3.05, 3.63) is 72.1 Å². The number of aromatic nitrogens is 2. The molecule has 0 aliphatic heterocycles. The third kappa shape index (κ3) is 3.81. The quantitative estimate of drug-likeness (QED) is 0.531. The Kier molecular flexibility index (Phi) is 5.05. The molecule has 1 aromatic heterocycles. The number of nitrogens with one attached hydrogen (secondary N) is 2. The Morgan fingerprint density at radius 1 is 0.853 bits per heavy atom. The molecule has 2 aromatic carbocycles. The molecule has 7 rings (SSSR count). The van der Waals surface area contributed by atoms with E-state index in [1.807, 2.05) is 53.3 Å². The fraction of sp³-hybridized carbons (Fsp3) is 0.393. The minimum absolute atomic E-state index is 0.0106. The number of anilines is 2. The number of nitrogens with zero attached hydrogens (tertiary/aromatic N) is 2. The topological polar surface area (TPSA) is 76.0 Å². The first kappa shape index (κ1) is 21.1. The Morgan fingerprint density at radius 2 is 1.41 bits per heavy atom. The van der Waals surface area contributed by atoms with E-state index in [2.05, 4.69) is 10.6 Å². The highest BCUT2D eigenvalue weighted by Crippen LogP contribution is 2.60. The van der Waals surface area contributed by atoms with Gasteiger partial charge in [0.2, 0.25) is 5.91 Å². The van der Waals surface area contributed by atoms with E-state index in [9.17, 15) is 9.59 Å². The van der Waals surface area contributed by atoms with E-state index in [1.165, 1.54) is 26.2 Å². The Bertz CT molecular complexity index is 1190. The van der Waals surface area contributed by atoms with Gasteiger partial charge in [0.15, 0.2) is 0 Å². The van der Waals surface area contributed by atoms with Gasteiger partial charge in [-0.2, -0.15) is 5.10 Å². The Morgan fingerprint density at radius 3 is 1.97 bits per heavy atom. The van der Waals surface area contributed by atoms with Crippen molar-refractivity contribution < 1.29 is 9.59 Å². The highest BCUT2D eigenvalue weighted by atomic mass is 16.2. The van der Waals surface area contributed by atoms with Crippen molar-refractivity contribution in [1.82, 2.24) is 9.78 Å². The van der Waals surface area contributed by atoms with E-state index in [0.717, 1.165) is 48.4 Å². The highest BCUT2D eigenvalue weighted by molar-refractivity contribution is 6.05. The number of hydrogen-bond donors (Lipinski definition) is 2. The first-order valence-electron chi connectivity index (χ1n) is 12.3. The summed E-state index contributed by atoms with van der Waals surface area (Å²) in [5.74, 6) is 2.06. The average Bonchev–Trinajstić information content (AvgIpc) is 3.27. The fourth-order valence-corrected chi connectivity index (χ4v) is 7.08. The molecule has 4 fully saturated rings. The number of para-hydroxylation sites is 1. The average molecular weight is 455 g/mol. The summed E-state index contributed by atoms with van der Waals surface area (Å²) in [6, 6.07) is 17.3. The van der Waals surface area contributed by atoms with Crippen molar-refractivity contribution in [2.24, 2.45) is 17.8 Å². The maximum absolute atomic E-state index is 13.6. The summed E-state index contributed by atoms with van der Waals surface area (Å²) < 4.78 is 1.88. The van der Waals surface area contributed by atoms with Crippen molar-refractivity contribution in [2.45, 2.75) is 50.9 Å². The Hall–Kier alpha value is -3.41. The van der Waals surface area contributed by atoms with Crippen molar-refractivity contribution in [1.29, 1.82) is 0 Å². The van der Waals surface area contributed by atoms with Gasteiger partial charge >= 0.3 is 0 Å². The van der Waals surface area contributed by atoms with Crippen LogP contribution in [0.1, 0.15) is 61.5 Å². The second kappa shape index (κ2) is 8.12. The van der Waals surface area contributed by atoms with Gasteiger partial charge in [0.1, 0.15) is 0 Å². The van der Waals surface area contributed by atoms with Crippen LogP contribution in [0.4, 0.5) is 11.4 Å². The van der Waals surface area contributed by atoms with Gasteiger partial charge in [0.25, 0.3) is 5.91 Å². The van der Waals surface area contributed by atoms with Crippen LogP contribution in [0.5, 0.6) is 0 Å². The van der Waals surface area contributed by atoms with Crippen LogP contribution in [0.15, 0.2) is 60.8 Å². The minimum Gasteiger partial charge on any atom is -0.326 e. The molecule has 34 heavy (non-hydrogen) atoms. The molecule has 4 saturated carbocycles.